The van der Waals surface area contributed by atoms with Crippen molar-refractivity contribution < 1.29 is 13.9 Å². The zero-order chi connectivity index (χ0) is 9.84. The quantitative estimate of drug-likeness (QED) is 0.594. The van der Waals surface area contributed by atoms with E-state index in [1.54, 1.807) is 6.92 Å². The second-order valence-corrected chi connectivity index (χ2v) is 2.97. The van der Waals surface area contributed by atoms with Gasteiger partial charge in [0.15, 0.2) is 5.82 Å². The van der Waals surface area contributed by atoms with E-state index >= 15 is 0 Å². The lowest BCUT2D eigenvalue weighted by molar-refractivity contribution is 0.0525. The summed E-state index contributed by atoms with van der Waals surface area (Å²) in [6, 6.07) is 1.08. The van der Waals surface area contributed by atoms with E-state index in [2.05, 4.69) is 25.7 Å². The highest BCUT2D eigenvalue weighted by atomic mass is 79.9. The van der Waals surface area contributed by atoms with Crippen LogP contribution >= 0.6 is 15.9 Å². The van der Waals surface area contributed by atoms with E-state index in [1.165, 1.54) is 6.20 Å². The van der Waals surface area contributed by atoms with Crippen molar-refractivity contribution in [3.63, 3.8) is 0 Å². The van der Waals surface area contributed by atoms with E-state index in [0.29, 0.717) is 0 Å². The molecule has 0 aromatic carbocycles. The Hall–Kier alpha value is -0.970. The topological polar surface area (TPSA) is 39.2 Å². The van der Waals surface area contributed by atoms with Gasteiger partial charge in [0.05, 0.1) is 12.2 Å². The molecule has 1 rings (SSSR count). The van der Waals surface area contributed by atoms with Crippen molar-refractivity contribution in [1.29, 1.82) is 0 Å². The third-order valence-electron chi connectivity index (χ3n) is 1.31. The van der Waals surface area contributed by atoms with E-state index in [4.69, 9.17) is 0 Å². The van der Waals surface area contributed by atoms with Crippen molar-refractivity contribution in [2.75, 3.05) is 6.61 Å². The minimum atomic E-state index is -0.578. The van der Waals surface area contributed by atoms with Crippen molar-refractivity contribution >= 4 is 21.9 Å². The van der Waals surface area contributed by atoms with Crippen molar-refractivity contribution in [1.82, 2.24) is 4.98 Å². The van der Waals surface area contributed by atoms with Crippen molar-refractivity contribution in [3.05, 3.63) is 28.2 Å². The monoisotopic (exact) mass is 247 g/mol. The number of carbonyl (C=O) groups is 1. The summed E-state index contributed by atoms with van der Waals surface area (Å²) in [6.07, 6.45) is 1.26. The predicted molar refractivity (Wildman–Crippen MR) is 47.9 cm³/mol. The molecule has 0 fully saturated rings. The Bertz CT molecular complexity index is 330. The van der Waals surface area contributed by atoms with Crippen LogP contribution in [0.4, 0.5) is 4.39 Å². The highest BCUT2D eigenvalue weighted by molar-refractivity contribution is 9.10. The maximum atomic E-state index is 12.9. The number of hydrogen-bond acceptors (Lipinski definition) is 3. The maximum Gasteiger partial charge on any atom is 0.339 e. The van der Waals surface area contributed by atoms with Gasteiger partial charge in [-0.15, -0.1) is 0 Å². The van der Waals surface area contributed by atoms with Crippen LogP contribution in [0, 0.1) is 5.82 Å². The summed E-state index contributed by atoms with van der Waals surface area (Å²) in [5, 5.41) is 0. The number of esters is 1. The molecule has 0 atom stereocenters. The highest BCUT2D eigenvalue weighted by Gasteiger charge is 2.09. The van der Waals surface area contributed by atoms with Gasteiger partial charge in [0, 0.05) is 6.20 Å². The zero-order valence-electron chi connectivity index (χ0n) is 6.88. The number of aromatic nitrogens is 1. The Morgan fingerprint density at radius 2 is 2.46 bits per heavy atom. The first-order valence-electron chi connectivity index (χ1n) is 3.63. The van der Waals surface area contributed by atoms with Gasteiger partial charge in [0.1, 0.15) is 4.60 Å². The van der Waals surface area contributed by atoms with Gasteiger partial charge in [-0.25, -0.2) is 14.2 Å². The molecule has 0 N–H and O–H groups in total. The Kier molecular flexibility index (Phi) is 3.36. The molecule has 0 saturated heterocycles. The SMILES string of the molecule is CCOC(=O)c1cnc(Br)c(F)c1. The van der Waals surface area contributed by atoms with E-state index in [1.807, 2.05) is 0 Å². The van der Waals surface area contributed by atoms with Crippen LogP contribution in [-0.4, -0.2) is 17.6 Å². The molecule has 0 unspecified atom stereocenters. The number of nitrogens with zero attached hydrogens (tertiary/aromatic N) is 1. The Morgan fingerprint density at radius 1 is 1.77 bits per heavy atom. The van der Waals surface area contributed by atoms with E-state index in [-0.39, 0.29) is 16.8 Å². The average Bonchev–Trinajstić information content (AvgIpc) is 2.10. The van der Waals surface area contributed by atoms with Crippen LogP contribution in [0.25, 0.3) is 0 Å². The first kappa shape index (κ1) is 10.1. The lowest BCUT2D eigenvalue weighted by Gasteiger charge is -2.01. The highest BCUT2D eigenvalue weighted by Crippen LogP contribution is 2.13. The summed E-state index contributed by atoms with van der Waals surface area (Å²) in [5.74, 6) is -1.15. The van der Waals surface area contributed by atoms with Crippen LogP contribution in [0.2, 0.25) is 0 Å². The van der Waals surface area contributed by atoms with Crippen LogP contribution in [-0.2, 0) is 4.74 Å². The molecule has 1 aromatic rings. The molecule has 0 aliphatic rings. The average molecular weight is 248 g/mol. The molecule has 0 aliphatic heterocycles. The first-order valence-corrected chi connectivity index (χ1v) is 4.42. The Labute approximate surface area is 83.1 Å². The van der Waals surface area contributed by atoms with E-state index in [9.17, 15) is 9.18 Å². The lowest BCUT2D eigenvalue weighted by Crippen LogP contribution is -2.05. The fourth-order valence-corrected chi connectivity index (χ4v) is 0.964. The molecule has 13 heavy (non-hydrogen) atoms. The van der Waals surface area contributed by atoms with Gasteiger partial charge in [-0.2, -0.15) is 0 Å². The summed E-state index contributed by atoms with van der Waals surface area (Å²) >= 11 is 2.88. The summed E-state index contributed by atoms with van der Waals surface area (Å²) < 4.78 is 17.6. The molecule has 1 heterocycles. The molecule has 5 heteroatoms. The second-order valence-electron chi connectivity index (χ2n) is 2.22. The standard InChI is InChI=1S/C8H7BrFNO2/c1-2-13-8(12)5-3-6(10)7(9)11-4-5/h3-4H,2H2,1H3. The molecule has 0 aliphatic carbocycles. The van der Waals surface area contributed by atoms with Crippen LogP contribution in [0.5, 0.6) is 0 Å². The summed E-state index contributed by atoms with van der Waals surface area (Å²) in [7, 11) is 0. The second kappa shape index (κ2) is 4.32. The van der Waals surface area contributed by atoms with Crippen molar-refractivity contribution in [3.8, 4) is 0 Å². The minimum Gasteiger partial charge on any atom is -0.462 e. The van der Waals surface area contributed by atoms with Crippen molar-refractivity contribution in [2.24, 2.45) is 0 Å². The normalized spacial score (nSPS) is 9.77. The smallest absolute Gasteiger partial charge is 0.339 e. The molecular weight excluding hydrogens is 241 g/mol. The van der Waals surface area contributed by atoms with Gasteiger partial charge in [0.2, 0.25) is 0 Å². The van der Waals surface area contributed by atoms with E-state index < -0.39 is 11.8 Å². The van der Waals surface area contributed by atoms with Crippen LogP contribution in [0.1, 0.15) is 17.3 Å². The Balaban J connectivity index is 2.90. The summed E-state index contributed by atoms with van der Waals surface area (Å²) in [4.78, 5) is 14.7. The van der Waals surface area contributed by atoms with E-state index in [0.717, 1.165) is 6.07 Å². The van der Waals surface area contributed by atoms with Gasteiger partial charge < -0.3 is 4.74 Å². The lowest BCUT2D eigenvalue weighted by atomic mass is 10.3. The largest absolute Gasteiger partial charge is 0.462 e. The number of rotatable bonds is 2. The minimum absolute atomic E-state index is 0.0838. The van der Waals surface area contributed by atoms with Crippen LogP contribution in [0.3, 0.4) is 0 Å². The molecule has 0 bridgehead atoms. The fraction of sp³-hybridized carbons (Fsp3) is 0.250. The van der Waals surface area contributed by atoms with Gasteiger partial charge in [-0.05, 0) is 28.9 Å². The Morgan fingerprint density at radius 3 is 3.00 bits per heavy atom. The molecule has 0 radical (unpaired) electrons. The molecule has 1 aromatic heterocycles. The third-order valence-corrected chi connectivity index (χ3v) is 1.89. The maximum absolute atomic E-state index is 12.9. The van der Waals surface area contributed by atoms with Crippen molar-refractivity contribution in [2.45, 2.75) is 6.92 Å². The molecule has 70 valence electrons. The first-order chi connectivity index (χ1) is 6.15. The van der Waals surface area contributed by atoms with Gasteiger partial charge >= 0.3 is 5.97 Å². The molecule has 0 spiro atoms. The fourth-order valence-electron chi connectivity index (χ4n) is 0.747. The third kappa shape index (κ3) is 2.48. The molecule has 0 amide bonds. The van der Waals surface area contributed by atoms with Crippen LogP contribution in [0.15, 0.2) is 16.9 Å². The number of ether oxygens (including phenoxy) is 1. The van der Waals surface area contributed by atoms with Gasteiger partial charge in [-0.1, -0.05) is 0 Å². The number of carbonyl (C=O) groups excluding carboxylic acids is 1. The summed E-state index contributed by atoms with van der Waals surface area (Å²) in [6.45, 7) is 1.94. The number of pyridine rings is 1. The van der Waals surface area contributed by atoms with Gasteiger partial charge in [0.25, 0.3) is 0 Å². The predicted octanol–water partition coefficient (Wildman–Crippen LogP) is 2.16. The summed E-state index contributed by atoms with van der Waals surface area (Å²) in [5.41, 5.74) is 0.113. The molecular formula is C8H7BrFNO2. The molecule has 3 nitrogen and oxygen atoms in total. The molecule has 0 saturated carbocycles. The van der Waals surface area contributed by atoms with Gasteiger partial charge in [-0.3, -0.25) is 0 Å². The number of hydrogen-bond donors (Lipinski definition) is 0. The number of halogens is 2. The zero-order valence-corrected chi connectivity index (χ0v) is 8.47. The van der Waals surface area contributed by atoms with Crippen LogP contribution < -0.4 is 0 Å².